The molecule has 2 aliphatic carbocycles. The van der Waals surface area contributed by atoms with Gasteiger partial charge in [-0.15, -0.1) is 10.2 Å². The van der Waals surface area contributed by atoms with E-state index >= 15 is 0 Å². The summed E-state index contributed by atoms with van der Waals surface area (Å²) in [5.41, 5.74) is 0.490. The molecule has 1 amide bonds. The monoisotopic (exact) mass is 375 g/mol. The fourth-order valence-electron chi connectivity index (χ4n) is 3.96. The summed E-state index contributed by atoms with van der Waals surface area (Å²) in [6, 6.07) is 6.13. The van der Waals surface area contributed by atoms with Crippen molar-refractivity contribution in [3.8, 4) is 11.5 Å². The smallest absolute Gasteiger partial charge is 0.264 e. The predicted molar refractivity (Wildman–Crippen MR) is 93.2 cm³/mol. The fourth-order valence-corrected chi connectivity index (χ4v) is 5.04. The number of nitrogens with one attached hydrogen (secondary N) is 1. The normalized spacial score (nSPS) is 23.5. The molecule has 1 N–H and O–H groups in total. The maximum absolute atomic E-state index is 12.6. The van der Waals surface area contributed by atoms with Crippen molar-refractivity contribution in [3.05, 3.63) is 30.7 Å². The van der Waals surface area contributed by atoms with Crippen LogP contribution >= 0.6 is 0 Å². The summed E-state index contributed by atoms with van der Waals surface area (Å²) < 4.78 is 32.5. The van der Waals surface area contributed by atoms with Crippen molar-refractivity contribution in [1.82, 2.24) is 14.9 Å². The number of rotatable bonds is 5. The molecule has 2 aliphatic rings. The van der Waals surface area contributed by atoms with Gasteiger partial charge in [-0.2, -0.15) is 0 Å². The van der Waals surface area contributed by atoms with E-state index in [0.29, 0.717) is 17.4 Å². The summed E-state index contributed by atoms with van der Waals surface area (Å²) in [5.74, 6) is 0.585. The Bertz CT molecular complexity index is 889. The molecule has 0 aliphatic heterocycles. The van der Waals surface area contributed by atoms with E-state index in [1.54, 1.807) is 12.1 Å². The quantitative estimate of drug-likeness (QED) is 0.862. The van der Waals surface area contributed by atoms with Crippen molar-refractivity contribution in [2.75, 3.05) is 0 Å². The summed E-state index contributed by atoms with van der Waals surface area (Å²) in [7, 11) is -3.92. The molecule has 0 saturated heterocycles. The molecule has 7 nitrogen and oxygen atoms in total. The van der Waals surface area contributed by atoms with Gasteiger partial charge in [0.05, 0.1) is 4.90 Å². The van der Waals surface area contributed by atoms with Crippen molar-refractivity contribution in [2.24, 2.45) is 17.8 Å². The van der Waals surface area contributed by atoms with Gasteiger partial charge < -0.3 is 4.42 Å². The summed E-state index contributed by atoms with van der Waals surface area (Å²) in [6.07, 6.45) is 8.00. The Balaban J connectivity index is 1.44. The summed E-state index contributed by atoms with van der Waals surface area (Å²) >= 11 is 0. The van der Waals surface area contributed by atoms with Gasteiger partial charge in [-0.25, -0.2) is 13.1 Å². The van der Waals surface area contributed by atoms with Gasteiger partial charge in [0.2, 0.25) is 18.2 Å². The Labute approximate surface area is 152 Å². The Morgan fingerprint density at radius 3 is 2.73 bits per heavy atom. The third-order valence-corrected chi connectivity index (χ3v) is 6.76. The molecule has 2 saturated carbocycles. The highest BCUT2D eigenvalue weighted by Gasteiger charge is 2.48. The highest BCUT2D eigenvalue weighted by Crippen LogP contribution is 2.49. The largest absolute Gasteiger partial charge is 0.423 e. The van der Waals surface area contributed by atoms with Gasteiger partial charge >= 0.3 is 0 Å². The fraction of sp³-hybridized carbons (Fsp3) is 0.500. The zero-order valence-corrected chi connectivity index (χ0v) is 15.1. The molecule has 0 radical (unpaired) electrons. The van der Waals surface area contributed by atoms with Gasteiger partial charge in [0, 0.05) is 11.5 Å². The molecule has 2 fully saturated rings. The van der Waals surface area contributed by atoms with E-state index in [-0.39, 0.29) is 22.6 Å². The number of hydrogen-bond acceptors (Lipinski definition) is 6. The Morgan fingerprint density at radius 2 is 2.00 bits per heavy atom. The standard InChI is InChI=1S/C18H21N3O4S/c22-17(16-10-15(16)12-5-2-1-3-6-12)21-26(23,24)14-8-4-7-13(9-14)18-20-19-11-25-18/h4,7-9,11-12,15-16H,1-3,5-6,10H2,(H,21,22)/t15-,16-/m0/s1. The van der Waals surface area contributed by atoms with Crippen LogP contribution in [0.15, 0.2) is 40.0 Å². The van der Waals surface area contributed by atoms with Crippen LogP contribution in [-0.4, -0.2) is 24.5 Å². The minimum Gasteiger partial charge on any atom is -0.423 e. The number of sulfonamides is 1. The summed E-state index contributed by atoms with van der Waals surface area (Å²) in [6.45, 7) is 0. The van der Waals surface area contributed by atoms with Crippen molar-refractivity contribution in [1.29, 1.82) is 0 Å². The first-order valence-electron chi connectivity index (χ1n) is 8.98. The van der Waals surface area contributed by atoms with Gasteiger partial charge in [-0.05, 0) is 36.5 Å². The Kier molecular flexibility index (Phi) is 4.52. The molecule has 0 unspecified atom stereocenters. The highest BCUT2D eigenvalue weighted by atomic mass is 32.2. The second-order valence-electron chi connectivity index (χ2n) is 7.15. The van der Waals surface area contributed by atoms with Crippen molar-refractivity contribution in [2.45, 2.75) is 43.4 Å². The van der Waals surface area contributed by atoms with Crippen LogP contribution < -0.4 is 4.72 Å². The molecule has 0 spiro atoms. The minimum atomic E-state index is -3.92. The van der Waals surface area contributed by atoms with Gasteiger partial charge in [-0.1, -0.05) is 38.2 Å². The molecule has 1 aromatic carbocycles. The zero-order valence-electron chi connectivity index (χ0n) is 14.3. The number of carbonyl (C=O) groups excluding carboxylic acids is 1. The summed E-state index contributed by atoms with van der Waals surface area (Å²) in [4.78, 5) is 12.4. The first kappa shape index (κ1) is 17.2. The first-order valence-corrected chi connectivity index (χ1v) is 10.5. The Hall–Kier alpha value is -2.22. The average Bonchev–Trinajstić information content (AvgIpc) is 3.28. The van der Waals surface area contributed by atoms with Crippen molar-refractivity contribution >= 4 is 15.9 Å². The Morgan fingerprint density at radius 1 is 1.19 bits per heavy atom. The number of amides is 1. The molecule has 8 heteroatoms. The summed E-state index contributed by atoms with van der Waals surface area (Å²) in [5, 5.41) is 7.36. The lowest BCUT2D eigenvalue weighted by Gasteiger charge is -2.21. The van der Waals surface area contributed by atoms with E-state index in [1.165, 1.54) is 37.8 Å². The van der Waals surface area contributed by atoms with Crippen LogP contribution in [0.5, 0.6) is 0 Å². The second kappa shape index (κ2) is 6.83. The van der Waals surface area contributed by atoms with Gasteiger partial charge in [0.1, 0.15) is 0 Å². The molecule has 1 heterocycles. The van der Waals surface area contributed by atoms with Crippen LogP contribution in [0, 0.1) is 17.8 Å². The van der Waals surface area contributed by atoms with Crippen LogP contribution in [0.4, 0.5) is 0 Å². The van der Waals surface area contributed by atoms with Crippen LogP contribution in [0.25, 0.3) is 11.5 Å². The third-order valence-electron chi connectivity index (χ3n) is 5.42. The van der Waals surface area contributed by atoms with Crippen molar-refractivity contribution < 1.29 is 17.6 Å². The van der Waals surface area contributed by atoms with Crippen LogP contribution in [0.3, 0.4) is 0 Å². The number of nitrogens with zero attached hydrogens (tertiary/aromatic N) is 2. The van der Waals surface area contributed by atoms with Crippen molar-refractivity contribution in [3.63, 3.8) is 0 Å². The van der Waals surface area contributed by atoms with E-state index in [2.05, 4.69) is 14.9 Å². The van der Waals surface area contributed by atoms with E-state index in [1.807, 2.05) is 0 Å². The molecule has 2 atom stereocenters. The molecular weight excluding hydrogens is 354 g/mol. The van der Waals surface area contributed by atoms with E-state index in [0.717, 1.165) is 19.3 Å². The number of aromatic nitrogens is 2. The second-order valence-corrected chi connectivity index (χ2v) is 8.83. The predicted octanol–water partition coefficient (Wildman–Crippen LogP) is 2.76. The van der Waals surface area contributed by atoms with Gasteiger partial charge in [-0.3, -0.25) is 4.79 Å². The van der Waals surface area contributed by atoms with Gasteiger partial charge in [0.15, 0.2) is 0 Å². The zero-order chi connectivity index (χ0) is 18.1. The van der Waals surface area contributed by atoms with Crippen LogP contribution in [-0.2, 0) is 14.8 Å². The molecule has 0 bridgehead atoms. The maximum Gasteiger partial charge on any atom is 0.264 e. The lowest BCUT2D eigenvalue weighted by molar-refractivity contribution is -0.121. The molecular formula is C18H21N3O4S. The van der Waals surface area contributed by atoms with Gasteiger partial charge in [0.25, 0.3) is 10.0 Å². The molecule has 138 valence electrons. The minimum absolute atomic E-state index is 0.0106. The molecule has 4 rings (SSSR count). The first-order chi connectivity index (χ1) is 12.5. The SMILES string of the molecule is O=C(NS(=O)(=O)c1cccc(-c2nnco2)c1)[C@H]1C[C@H]1C1CCCCC1. The molecule has 1 aromatic heterocycles. The van der Waals surface area contributed by atoms with E-state index in [9.17, 15) is 13.2 Å². The maximum atomic E-state index is 12.6. The number of carbonyl (C=O) groups is 1. The number of hydrogen-bond donors (Lipinski definition) is 1. The van der Waals surface area contributed by atoms with E-state index < -0.39 is 10.0 Å². The average molecular weight is 375 g/mol. The van der Waals surface area contributed by atoms with E-state index in [4.69, 9.17) is 4.42 Å². The van der Waals surface area contributed by atoms with Crippen LogP contribution in [0.1, 0.15) is 38.5 Å². The molecule has 26 heavy (non-hydrogen) atoms. The van der Waals surface area contributed by atoms with Crippen LogP contribution in [0.2, 0.25) is 0 Å². The molecule has 2 aromatic rings. The highest BCUT2D eigenvalue weighted by molar-refractivity contribution is 7.90. The lowest BCUT2D eigenvalue weighted by atomic mass is 9.85. The topological polar surface area (TPSA) is 102 Å². The third kappa shape index (κ3) is 3.51. The lowest BCUT2D eigenvalue weighted by Crippen LogP contribution is -2.32. The number of benzene rings is 1.